The zero-order chi connectivity index (χ0) is 24.6. The Labute approximate surface area is 211 Å². The number of halogens is 1. The maximum Gasteiger partial charge on any atom is 0.224 e. The van der Waals surface area contributed by atoms with Gasteiger partial charge in [-0.05, 0) is 73.3 Å². The van der Waals surface area contributed by atoms with E-state index in [1.54, 1.807) is 19.5 Å². The Balaban J connectivity index is 1.34. The number of fused-ring (bicyclic) bond motifs is 2. The van der Waals surface area contributed by atoms with Crippen LogP contribution >= 0.6 is 15.9 Å². The summed E-state index contributed by atoms with van der Waals surface area (Å²) in [5, 5.41) is 13.0. The van der Waals surface area contributed by atoms with Gasteiger partial charge in [-0.1, -0.05) is 6.07 Å². The highest BCUT2D eigenvalue weighted by atomic mass is 79.9. The summed E-state index contributed by atoms with van der Waals surface area (Å²) in [6.07, 6.45) is 5.99. The van der Waals surface area contributed by atoms with E-state index in [2.05, 4.69) is 41.6 Å². The van der Waals surface area contributed by atoms with Crippen LogP contribution in [0.3, 0.4) is 0 Å². The van der Waals surface area contributed by atoms with Crippen LogP contribution in [0.25, 0.3) is 27.6 Å². The molecule has 0 spiro atoms. The number of rotatable bonds is 7. The van der Waals surface area contributed by atoms with Crippen molar-refractivity contribution in [1.29, 1.82) is 0 Å². The highest BCUT2D eigenvalue weighted by molar-refractivity contribution is 9.10. The second-order valence-electron chi connectivity index (χ2n) is 9.67. The molecule has 1 amide bonds. The summed E-state index contributed by atoms with van der Waals surface area (Å²) in [7, 11) is 1.64. The van der Waals surface area contributed by atoms with Crippen LogP contribution in [0.4, 0.5) is 5.95 Å². The molecule has 5 rings (SSSR count). The monoisotopic (exact) mass is 537 g/mol. The summed E-state index contributed by atoms with van der Waals surface area (Å²) in [5.74, 6) is 0.554. The molecule has 1 aromatic carbocycles. The lowest BCUT2D eigenvalue weighted by Gasteiger charge is -2.27. The van der Waals surface area contributed by atoms with Crippen molar-refractivity contribution in [1.82, 2.24) is 30.0 Å². The lowest BCUT2D eigenvalue weighted by molar-refractivity contribution is -0.127. The number of anilines is 1. The summed E-state index contributed by atoms with van der Waals surface area (Å²) in [4.78, 5) is 26.4. The zero-order valence-corrected chi connectivity index (χ0v) is 21.5. The highest BCUT2D eigenvalue weighted by Gasteiger charge is 2.33. The van der Waals surface area contributed by atoms with Gasteiger partial charge in [0.25, 0.3) is 0 Å². The number of pyridine rings is 1. The fourth-order valence-electron chi connectivity index (χ4n) is 4.68. The summed E-state index contributed by atoms with van der Waals surface area (Å²) in [5.41, 5.74) is 2.12. The number of ether oxygens (including phenoxy) is 1. The van der Waals surface area contributed by atoms with Crippen LogP contribution in [-0.4, -0.2) is 55.9 Å². The van der Waals surface area contributed by atoms with Crippen molar-refractivity contribution < 1.29 is 9.53 Å². The first-order valence-electron chi connectivity index (χ1n) is 11.7. The molecule has 35 heavy (non-hydrogen) atoms. The van der Waals surface area contributed by atoms with E-state index in [1.807, 2.05) is 48.9 Å². The van der Waals surface area contributed by atoms with Gasteiger partial charge in [0.05, 0.1) is 28.7 Å². The standard InChI is InChI=1S/C25H28BrN7O2/c1-25(2,14-35-3)31-23(34)16-6-7-17(11-16)29-24-28-13-19-21(26)32-33(22(19)30-24)18-8-9-20-15(12-18)5-4-10-27-20/h4-5,8-10,12-13,16-17H,6-7,11,14H2,1-3H3,(H,31,34)(H,28,29,30)/t16-,17-/m1/s1. The number of methoxy groups -OCH3 is 1. The Morgan fingerprint density at radius 3 is 2.94 bits per heavy atom. The van der Waals surface area contributed by atoms with Gasteiger partial charge in [0.1, 0.15) is 4.60 Å². The number of nitrogens with one attached hydrogen (secondary N) is 2. The van der Waals surface area contributed by atoms with E-state index in [0.717, 1.165) is 41.2 Å². The molecular weight excluding hydrogens is 510 g/mol. The van der Waals surface area contributed by atoms with Gasteiger partial charge in [0, 0.05) is 36.8 Å². The number of hydrogen-bond acceptors (Lipinski definition) is 7. The molecule has 2 N–H and O–H groups in total. The second-order valence-corrected chi connectivity index (χ2v) is 10.4. The van der Waals surface area contributed by atoms with Crippen LogP contribution in [0.15, 0.2) is 47.3 Å². The van der Waals surface area contributed by atoms with E-state index in [0.29, 0.717) is 22.8 Å². The zero-order valence-electron chi connectivity index (χ0n) is 20.0. The number of carbonyl (C=O) groups is 1. The molecule has 1 saturated carbocycles. The van der Waals surface area contributed by atoms with Crippen LogP contribution in [0, 0.1) is 5.92 Å². The smallest absolute Gasteiger partial charge is 0.224 e. The Hall–Kier alpha value is -3.11. The quantitative estimate of drug-likeness (QED) is 0.362. The molecule has 1 aliphatic carbocycles. The minimum absolute atomic E-state index is 0.0433. The van der Waals surface area contributed by atoms with E-state index in [1.165, 1.54) is 0 Å². The Morgan fingerprint density at radius 2 is 2.11 bits per heavy atom. The first-order chi connectivity index (χ1) is 16.8. The summed E-state index contributed by atoms with van der Waals surface area (Å²) in [6, 6.07) is 10.1. The predicted molar refractivity (Wildman–Crippen MR) is 139 cm³/mol. The van der Waals surface area contributed by atoms with Gasteiger partial charge < -0.3 is 15.4 Å². The molecule has 0 bridgehead atoms. The molecule has 3 aromatic heterocycles. The van der Waals surface area contributed by atoms with Gasteiger partial charge >= 0.3 is 0 Å². The second kappa shape index (κ2) is 9.50. The van der Waals surface area contributed by atoms with Gasteiger partial charge in [-0.25, -0.2) is 9.67 Å². The van der Waals surface area contributed by atoms with Crippen molar-refractivity contribution in [2.45, 2.75) is 44.7 Å². The van der Waals surface area contributed by atoms with Gasteiger partial charge in [-0.2, -0.15) is 10.1 Å². The van der Waals surface area contributed by atoms with Gasteiger partial charge in [0.15, 0.2) is 5.65 Å². The topological polar surface area (TPSA) is 107 Å². The molecule has 1 fully saturated rings. The molecule has 0 saturated heterocycles. The first kappa shape index (κ1) is 23.6. The number of hydrogen-bond donors (Lipinski definition) is 2. The normalized spacial score (nSPS) is 18.3. The Bertz CT molecular complexity index is 1390. The molecule has 0 radical (unpaired) electrons. The number of amides is 1. The fraction of sp³-hybridized carbons (Fsp3) is 0.400. The molecule has 182 valence electrons. The van der Waals surface area contributed by atoms with Crippen molar-refractivity contribution in [3.8, 4) is 5.69 Å². The molecule has 9 nitrogen and oxygen atoms in total. The third kappa shape index (κ3) is 4.99. The minimum Gasteiger partial charge on any atom is -0.382 e. The van der Waals surface area contributed by atoms with E-state index in [-0.39, 0.29) is 17.9 Å². The van der Waals surface area contributed by atoms with E-state index >= 15 is 0 Å². The summed E-state index contributed by atoms with van der Waals surface area (Å²) < 4.78 is 7.70. The average molecular weight is 538 g/mol. The predicted octanol–water partition coefficient (Wildman–Crippen LogP) is 4.25. The van der Waals surface area contributed by atoms with Gasteiger partial charge in [-0.3, -0.25) is 9.78 Å². The first-order valence-corrected chi connectivity index (χ1v) is 12.5. The van der Waals surface area contributed by atoms with Crippen molar-refractivity contribution in [3.63, 3.8) is 0 Å². The molecule has 1 aliphatic rings. The van der Waals surface area contributed by atoms with Crippen LogP contribution in [0.1, 0.15) is 33.1 Å². The molecular formula is C25H28BrN7O2. The lowest BCUT2D eigenvalue weighted by Crippen LogP contribution is -2.48. The maximum absolute atomic E-state index is 12.8. The van der Waals surface area contributed by atoms with Crippen LogP contribution in [-0.2, 0) is 9.53 Å². The third-order valence-corrected chi connectivity index (χ3v) is 6.90. The molecule has 3 heterocycles. The molecule has 0 aliphatic heterocycles. The van der Waals surface area contributed by atoms with Crippen LogP contribution in [0.2, 0.25) is 0 Å². The van der Waals surface area contributed by atoms with E-state index in [9.17, 15) is 4.79 Å². The summed E-state index contributed by atoms with van der Waals surface area (Å²) in [6.45, 7) is 4.41. The number of carbonyl (C=O) groups excluding carboxylic acids is 1. The molecule has 2 atom stereocenters. The molecule has 4 aromatic rings. The summed E-state index contributed by atoms with van der Waals surface area (Å²) >= 11 is 3.54. The van der Waals surface area contributed by atoms with Gasteiger partial charge in [-0.15, -0.1) is 0 Å². The number of aromatic nitrogens is 5. The fourth-order valence-corrected chi connectivity index (χ4v) is 5.12. The highest BCUT2D eigenvalue weighted by Crippen LogP contribution is 2.30. The SMILES string of the molecule is COCC(C)(C)NC(=O)[C@@H]1CC[C@@H](Nc2ncc3c(Br)nn(-c4ccc5ncccc5c4)c3n2)C1. The number of nitrogens with zero attached hydrogens (tertiary/aromatic N) is 5. The minimum atomic E-state index is -0.393. The van der Waals surface area contributed by atoms with E-state index in [4.69, 9.17) is 9.72 Å². The molecule has 10 heteroatoms. The lowest BCUT2D eigenvalue weighted by atomic mass is 10.0. The average Bonchev–Trinajstić information content (AvgIpc) is 3.43. The molecule has 0 unspecified atom stereocenters. The van der Waals surface area contributed by atoms with Crippen LogP contribution < -0.4 is 10.6 Å². The largest absolute Gasteiger partial charge is 0.382 e. The van der Waals surface area contributed by atoms with Crippen LogP contribution in [0.5, 0.6) is 0 Å². The van der Waals surface area contributed by atoms with Crippen molar-refractivity contribution in [3.05, 3.63) is 47.3 Å². The van der Waals surface area contributed by atoms with Crippen molar-refractivity contribution in [2.75, 3.05) is 19.0 Å². The third-order valence-electron chi connectivity index (χ3n) is 6.31. The van der Waals surface area contributed by atoms with Crippen molar-refractivity contribution in [2.24, 2.45) is 5.92 Å². The maximum atomic E-state index is 12.8. The van der Waals surface area contributed by atoms with Gasteiger partial charge in [0.2, 0.25) is 11.9 Å². The number of benzene rings is 1. The Morgan fingerprint density at radius 1 is 1.26 bits per heavy atom. The van der Waals surface area contributed by atoms with Crippen molar-refractivity contribution >= 4 is 49.7 Å². The Kier molecular flexibility index (Phi) is 6.41. The van der Waals surface area contributed by atoms with E-state index < -0.39 is 5.54 Å².